The minimum atomic E-state index is 0.819. The van der Waals surface area contributed by atoms with Crippen LogP contribution in [-0.2, 0) is 0 Å². The van der Waals surface area contributed by atoms with Crippen LogP contribution in [0.25, 0.3) is 0 Å². The monoisotopic (exact) mass is 204 g/mol. The fraction of sp³-hybridized carbons (Fsp3) is 0.733. The van der Waals surface area contributed by atoms with Crippen molar-refractivity contribution >= 4 is 0 Å². The van der Waals surface area contributed by atoms with Gasteiger partial charge in [-0.3, -0.25) is 0 Å². The lowest BCUT2D eigenvalue weighted by Crippen LogP contribution is -2.23. The molecule has 0 bridgehead atoms. The maximum Gasteiger partial charge on any atom is -0.0236 e. The predicted molar refractivity (Wildman–Crippen MR) is 66.7 cm³/mol. The molecule has 0 radical (unpaired) electrons. The summed E-state index contributed by atoms with van der Waals surface area (Å²) in [5.74, 6) is 2.86. The summed E-state index contributed by atoms with van der Waals surface area (Å²) in [4.78, 5) is 0. The van der Waals surface area contributed by atoms with Crippen LogP contribution in [0.15, 0.2) is 24.8 Å². The van der Waals surface area contributed by atoms with Crippen LogP contribution in [0, 0.1) is 17.8 Å². The van der Waals surface area contributed by atoms with Crippen molar-refractivity contribution in [3.63, 3.8) is 0 Å². The molecule has 0 aliphatic heterocycles. The quantitative estimate of drug-likeness (QED) is 0.571. The third-order valence-electron chi connectivity index (χ3n) is 4.55. The van der Waals surface area contributed by atoms with Crippen LogP contribution in [0.2, 0.25) is 0 Å². The smallest absolute Gasteiger partial charge is 0.0236 e. The number of hydrogen-bond donors (Lipinski definition) is 0. The molecule has 0 spiro atoms. The summed E-state index contributed by atoms with van der Waals surface area (Å²) in [5, 5.41) is 0. The summed E-state index contributed by atoms with van der Waals surface area (Å²) in [6, 6.07) is 0. The first kappa shape index (κ1) is 11.0. The van der Waals surface area contributed by atoms with Gasteiger partial charge in [-0.1, -0.05) is 18.2 Å². The zero-order valence-corrected chi connectivity index (χ0v) is 9.88. The number of hydrogen-bond acceptors (Lipinski definition) is 0. The molecular formula is C15H24. The van der Waals surface area contributed by atoms with Crippen LogP contribution in [0.5, 0.6) is 0 Å². The van der Waals surface area contributed by atoms with Gasteiger partial charge in [0.25, 0.3) is 0 Å². The zero-order valence-electron chi connectivity index (χ0n) is 9.88. The summed E-state index contributed by atoms with van der Waals surface area (Å²) in [6.45, 7) is 8.03. The maximum absolute atomic E-state index is 4.11. The molecule has 0 aromatic heterocycles. The van der Waals surface area contributed by atoms with Crippen molar-refractivity contribution in [2.24, 2.45) is 17.8 Å². The molecule has 2 aliphatic rings. The van der Waals surface area contributed by atoms with Crippen molar-refractivity contribution in [3.8, 4) is 0 Å². The van der Waals surface area contributed by atoms with Gasteiger partial charge < -0.3 is 0 Å². The molecule has 0 amide bonds. The molecule has 2 fully saturated rings. The zero-order chi connectivity index (χ0) is 10.7. The molecule has 0 saturated heterocycles. The average Bonchev–Trinajstić information content (AvgIpc) is 2.30. The molecule has 0 atom stereocenters. The van der Waals surface area contributed by atoms with Gasteiger partial charge in [0.1, 0.15) is 0 Å². The highest BCUT2D eigenvalue weighted by Crippen LogP contribution is 2.40. The van der Waals surface area contributed by atoms with Crippen molar-refractivity contribution in [3.05, 3.63) is 24.8 Å². The summed E-state index contributed by atoms with van der Waals surface area (Å²) < 4.78 is 0. The van der Waals surface area contributed by atoms with Crippen LogP contribution < -0.4 is 0 Å². The third kappa shape index (κ3) is 2.74. The summed E-state index contributed by atoms with van der Waals surface area (Å²) in [5.41, 5.74) is 1.49. The van der Waals surface area contributed by atoms with E-state index in [0.717, 1.165) is 17.8 Å². The van der Waals surface area contributed by atoms with Crippen molar-refractivity contribution in [2.75, 3.05) is 0 Å². The molecule has 0 aromatic rings. The lowest BCUT2D eigenvalue weighted by atomic mass is 9.70. The molecule has 2 saturated carbocycles. The summed E-state index contributed by atoms with van der Waals surface area (Å²) >= 11 is 0. The van der Waals surface area contributed by atoms with Crippen LogP contribution in [-0.4, -0.2) is 0 Å². The largest absolute Gasteiger partial charge is 0.103 e. The minimum absolute atomic E-state index is 0.819. The van der Waals surface area contributed by atoms with E-state index < -0.39 is 0 Å². The minimum Gasteiger partial charge on any atom is -0.103 e. The molecule has 0 N–H and O–H groups in total. The van der Waals surface area contributed by atoms with Crippen LogP contribution >= 0.6 is 0 Å². The van der Waals surface area contributed by atoms with Gasteiger partial charge in [0.15, 0.2) is 0 Å². The Kier molecular flexibility index (Phi) is 3.66. The molecule has 84 valence electrons. The predicted octanol–water partition coefficient (Wildman–Crippen LogP) is 4.73. The highest BCUT2D eigenvalue weighted by molar-refractivity contribution is 4.99. The SMILES string of the molecule is C=CC1CCC(C2CCC(=C)CC2)CC1. The molecule has 0 nitrogen and oxygen atoms in total. The molecule has 0 aromatic carbocycles. The van der Waals surface area contributed by atoms with Gasteiger partial charge >= 0.3 is 0 Å². The van der Waals surface area contributed by atoms with E-state index in [-0.39, 0.29) is 0 Å². The van der Waals surface area contributed by atoms with Crippen LogP contribution in [0.1, 0.15) is 51.4 Å². The second-order valence-corrected chi connectivity index (χ2v) is 5.50. The van der Waals surface area contributed by atoms with Gasteiger partial charge in [-0.25, -0.2) is 0 Å². The van der Waals surface area contributed by atoms with Gasteiger partial charge in [-0.15, -0.1) is 6.58 Å². The van der Waals surface area contributed by atoms with E-state index in [2.05, 4.69) is 19.2 Å². The maximum atomic E-state index is 4.11. The van der Waals surface area contributed by atoms with Gasteiger partial charge in [-0.05, 0) is 69.1 Å². The van der Waals surface area contributed by atoms with Crippen molar-refractivity contribution in [1.29, 1.82) is 0 Å². The Labute approximate surface area is 94.5 Å². The highest BCUT2D eigenvalue weighted by Gasteiger charge is 2.28. The first-order valence-electron chi connectivity index (χ1n) is 6.59. The Morgan fingerprint density at radius 3 is 1.93 bits per heavy atom. The Morgan fingerprint density at radius 2 is 1.40 bits per heavy atom. The first-order chi connectivity index (χ1) is 7.29. The van der Waals surface area contributed by atoms with Gasteiger partial charge in [-0.2, -0.15) is 0 Å². The standard InChI is InChI=1S/C15H24/c1-3-13-6-10-15(11-7-13)14-8-4-12(2)5-9-14/h3,13-15H,1-2,4-11H2. The summed E-state index contributed by atoms with van der Waals surface area (Å²) in [7, 11) is 0. The Morgan fingerprint density at radius 1 is 0.867 bits per heavy atom. The van der Waals surface area contributed by atoms with Gasteiger partial charge in [0.2, 0.25) is 0 Å². The van der Waals surface area contributed by atoms with E-state index in [4.69, 9.17) is 0 Å². The second kappa shape index (κ2) is 5.01. The molecular weight excluding hydrogens is 180 g/mol. The molecule has 0 unspecified atom stereocenters. The van der Waals surface area contributed by atoms with Gasteiger partial charge in [0, 0.05) is 0 Å². The van der Waals surface area contributed by atoms with E-state index in [1.54, 1.807) is 0 Å². The van der Waals surface area contributed by atoms with E-state index >= 15 is 0 Å². The average molecular weight is 204 g/mol. The summed E-state index contributed by atoms with van der Waals surface area (Å²) in [6.07, 6.45) is 13.3. The Hall–Kier alpha value is -0.520. The number of allylic oxidation sites excluding steroid dienone is 2. The topological polar surface area (TPSA) is 0 Å². The molecule has 0 heteroatoms. The lowest BCUT2D eigenvalue weighted by Gasteiger charge is -2.35. The fourth-order valence-corrected chi connectivity index (χ4v) is 3.37. The second-order valence-electron chi connectivity index (χ2n) is 5.50. The molecule has 2 rings (SSSR count). The Balaban J connectivity index is 1.80. The number of rotatable bonds is 2. The van der Waals surface area contributed by atoms with Crippen molar-refractivity contribution in [1.82, 2.24) is 0 Å². The van der Waals surface area contributed by atoms with E-state index in [1.165, 1.54) is 56.9 Å². The van der Waals surface area contributed by atoms with E-state index in [9.17, 15) is 0 Å². The molecule has 15 heavy (non-hydrogen) atoms. The molecule has 0 heterocycles. The van der Waals surface area contributed by atoms with E-state index in [0.29, 0.717) is 0 Å². The van der Waals surface area contributed by atoms with Crippen LogP contribution in [0.4, 0.5) is 0 Å². The fourth-order valence-electron chi connectivity index (χ4n) is 3.37. The third-order valence-corrected chi connectivity index (χ3v) is 4.55. The van der Waals surface area contributed by atoms with E-state index in [1.807, 2.05) is 0 Å². The van der Waals surface area contributed by atoms with Gasteiger partial charge in [0.05, 0.1) is 0 Å². The molecule has 2 aliphatic carbocycles. The van der Waals surface area contributed by atoms with Crippen molar-refractivity contribution < 1.29 is 0 Å². The lowest BCUT2D eigenvalue weighted by molar-refractivity contribution is 0.193. The normalized spacial score (nSPS) is 34.0. The Bertz CT molecular complexity index is 220. The first-order valence-corrected chi connectivity index (χ1v) is 6.59. The van der Waals surface area contributed by atoms with Crippen molar-refractivity contribution in [2.45, 2.75) is 51.4 Å². The highest BCUT2D eigenvalue weighted by atomic mass is 14.3. The van der Waals surface area contributed by atoms with Crippen LogP contribution in [0.3, 0.4) is 0 Å².